The molecule has 66 valence electrons. The van der Waals surface area contributed by atoms with Gasteiger partial charge in [-0.1, -0.05) is 0 Å². The molecule has 1 aliphatic rings. The smallest absolute Gasteiger partial charge is 0.544 e. The van der Waals surface area contributed by atoms with E-state index in [9.17, 15) is 0 Å². The third-order valence-corrected chi connectivity index (χ3v) is 1.39. The summed E-state index contributed by atoms with van der Waals surface area (Å²) in [4.78, 5) is 0. The third kappa shape index (κ3) is 3.35. The van der Waals surface area contributed by atoms with Gasteiger partial charge in [0.2, 0.25) is 0 Å². The molecule has 0 amide bonds. The Balaban J connectivity index is 0.000000451. The van der Waals surface area contributed by atoms with Gasteiger partial charge in [-0.15, -0.1) is 12.1 Å². The van der Waals surface area contributed by atoms with Crippen molar-refractivity contribution < 1.29 is 29.0 Å². The van der Waals surface area contributed by atoms with Crippen LogP contribution in [0, 0.1) is 13.0 Å². The second kappa shape index (κ2) is 6.91. The van der Waals surface area contributed by atoms with Crippen molar-refractivity contribution in [3.8, 4) is 11.5 Å². The Morgan fingerprint density at radius 1 is 1.23 bits per heavy atom. The van der Waals surface area contributed by atoms with Crippen molar-refractivity contribution in [1.82, 2.24) is 0 Å². The number of benzene rings is 1. The van der Waals surface area contributed by atoms with Crippen LogP contribution in [0.25, 0.3) is 0 Å². The largest absolute Gasteiger partial charge is 2.00 e. The zero-order valence-corrected chi connectivity index (χ0v) is 10.8. The van der Waals surface area contributed by atoms with Gasteiger partial charge >= 0.3 is 19.5 Å². The molecule has 0 spiro atoms. The molecular weight excluding hydrogens is 217 g/mol. The molecule has 1 aliphatic heterocycles. The molecule has 3 heteroatoms. The van der Waals surface area contributed by atoms with Gasteiger partial charge in [-0.2, -0.15) is 19.1 Å². The van der Waals surface area contributed by atoms with Crippen molar-refractivity contribution in [2.45, 2.75) is 6.92 Å². The van der Waals surface area contributed by atoms with E-state index in [1.807, 2.05) is 12.1 Å². The van der Waals surface area contributed by atoms with E-state index in [2.05, 4.69) is 13.0 Å². The van der Waals surface area contributed by atoms with Crippen LogP contribution in [0.4, 0.5) is 0 Å². The second-order valence-corrected chi connectivity index (χ2v) is 2.07. The van der Waals surface area contributed by atoms with Gasteiger partial charge in [0.25, 0.3) is 0 Å². The summed E-state index contributed by atoms with van der Waals surface area (Å²) >= 11 is 0. The summed E-state index contributed by atoms with van der Waals surface area (Å²) in [7, 11) is 0. The molecule has 0 fully saturated rings. The van der Waals surface area contributed by atoms with Crippen LogP contribution in [-0.2, 0) is 19.5 Å². The van der Waals surface area contributed by atoms with Crippen molar-refractivity contribution >= 4 is 0 Å². The summed E-state index contributed by atoms with van der Waals surface area (Å²) in [5, 5.41) is 0. The molecule has 13 heavy (non-hydrogen) atoms. The number of hydrogen-bond donors (Lipinski definition) is 0. The zero-order chi connectivity index (χ0) is 8.81. The average Bonchev–Trinajstić information content (AvgIpc) is 2.21. The van der Waals surface area contributed by atoms with Crippen molar-refractivity contribution in [3.05, 3.63) is 31.2 Å². The van der Waals surface area contributed by atoms with Crippen LogP contribution in [0.5, 0.6) is 11.5 Å². The van der Waals surface area contributed by atoms with Gasteiger partial charge in [0, 0.05) is 5.75 Å². The Kier molecular flexibility index (Phi) is 6.61. The topological polar surface area (TPSA) is 18.5 Å². The van der Waals surface area contributed by atoms with Crippen molar-refractivity contribution in [2.24, 2.45) is 0 Å². The summed E-state index contributed by atoms with van der Waals surface area (Å²) in [5.74, 6) is 1.62. The SMILES string of the molecule is [CH2-]C.[Zn+2].[c-]1ccc2c(c1)OCCO2. The standard InChI is InChI=1S/C8H7O2.C2H5.Zn/c1-2-4-8-7(3-1)9-5-6-10-8;1-2;/h1,3-4H,5-6H2;1H2,2H3;/q2*-1;+2. The van der Waals surface area contributed by atoms with E-state index in [0.717, 1.165) is 11.5 Å². The predicted molar refractivity (Wildman–Crippen MR) is 47.3 cm³/mol. The Labute approximate surface area is 92.0 Å². The van der Waals surface area contributed by atoms with Gasteiger partial charge in [-0.3, -0.25) is 0 Å². The van der Waals surface area contributed by atoms with E-state index < -0.39 is 0 Å². The third-order valence-electron chi connectivity index (χ3n) is 1.39. The van der Waals surface area contributed by atoms with Crippen LogP contribution in [-0.4, -0.2) is 13.2 Å². The molecule has 0 atom stereocenters. The van der Waals surface area contributed by atoms with E-state index in [1.54, 1.807) is 13.0 Å². The van der Waals surface area contributed by atoms with Crippen molar-refractivity contribution in [1.29, 1.82) is 0 Å². The molecule has 2 nitrogen and oxygen atoms in total. The first-order chi connectivity index (χ1) is 5.97. The van der Waals surface area contributed by atoms with Gasteiger partial charge in [-0.25, -0.2) is 0 Å². The van der Waals surface area contributed by atoms with E-state index in [0.29, 0.717) is 13.2 Å². The fourth-order valence-corrected chi connectivity index (χ4v) is 0.936. The molecule has 0 saturated heterocycles. The predicted octanol–water partition coefficient (Wildman–Crippen LogP) is 2.10. The average molecular weight is 230 g/mol. The van der Waals surface area contributed by atoms with E-state index in [-0.39, 0.29) is 19.5 Å². The maximum atomic E-state index is 5.28. The monoisotopic (exact) mass is 228 g/mol. The van der Waals surface area contributed by atoms with Gasteiger partial charge in [0.1, 0.15) is 13.2 Å². The molecule has 1 aromatic rings. The number of hydrogen-bond acceptors (Lipinski definition) is 2. The van der Waals surface area contributed by atoms with Crippen LogP contribution >= 0.6 is 0 Å². The summed E-state index contributed by atoms with van der Waals surface area (Å²) in [6.07, 6.45) is 0. The van der Waals surface area contributed by atoms with E-state index in [1.165, 1.54) is 0 Å². The van der Waals surface area contributed by atoms with Crippen LogP contribution in [0.2, 0.25) is 0 Å². The van der Waals surface area contributed by atoms with Gasteiger partial charge in [0.05, 0.1) is 5.75 Å². The second-order valence-electron chi connectivity index (χ2n) is 2.07. The van der Waals surface area contributed by atoms with Crippen LogP contribution in [0.3, 0.4) is 0 Å². The first kappa shape index (κ1) is 12.4. The van der Waals surface area contributed by atoms with Crippen molar-refractivity contribution in [3.63, 3.8) is 0 Å². The molecule has 0 radical (unpaired) electrons. The Bertz CT molecular complexity index is 213. The Morgan fingerprint density at radius 2 is 1.85 bits per heavy atom. The quantitative estimate of drug-likeness (QED) is 0.501. The Hall–Kier alpha value is -0.557. The van der Waals surface area contributed by atoms with Crippen LogP contribution in [0.15, 0.2) is 18.2 Å². The maximum absolute atomic E-state index is 5.28. The molecule has 0 saturated carbocycles. The van der Waals surface area contributed by atoms with Gasteiger partial charge < -0.3 is 16.4 Å². The maximum Gasteiger partial charge on any atom is 2.00 e. The van der Waals surface area contributed by atoms with E-state index >= 15 is 0 Å². The molecule has 0 N–H and O–H groups in total. The molecule has 1 heterocycles. The first-order valence-corrected chi connectivity index (χ1v) is 3.93. The minimum Gasteiger partial charge on any atom is -0.544 e. The van der Waals surface area contributed by atoms with Gasteiger partial charge in [-0.05, 0) is 0 Å². The molecule has 0 bridgehead atoms. The summed E-state index contributed by atoms with van der Waals surface area (Å²) in [6.45, 7) is 6.29. The molecule has 0 aliphatic carbocycles. The molecule has 2 rings (SSSR count). The molecule has 0 unspecified atom stereocenters. The Morgan fingerprint density at radius 3 is 2.46 bits per heavy atom. The molecular formula is C10H12O2Zn. The molecule has 0 aromatic heterocycles. The number of rotatable bonds is 0. The van der Waals surface area contributed by atoms with Crippen molar-refractivity contribution in [2.75, 3.05) is 13.2 Å². The zero-order valence-electron chi connectivity index (χ0n) is 7.88. The normalized spacial score (nSPS) is 11.8. The first-order valence-electron chi connectivity index (χ1n) is 3.93. The minimum absolute atomic E-state index is 0. The minimum atomic E-state index is 0. The van der Waals surface area contributed by atoms with Gasteiger partial charge in [0.15, 0.2) is 0 Å². The van der Waals surface area contributed by atoms with Crippen LogP contribution in [0.1, 0.15) is 6.92 Å². The summed E-state index contributed by atoms with van der Waals surface area (Å²) in [5.41, 5.74) is 0. The fourth-order valence-electron chi connectivity index (χ4n) is 0.936. The fraction of sp³-hybridized carbons (Fsp3) is 0.300. The molecule has 1 aromatic carbocycles. The van der Waals surface area contributed by atoms with E-state index in [4.69, 9.17) is 9.47 Å². The summed E-state index contributed by atoms with van der Waals surface area (Å²) in [6, 6.07) is 8.37. The number of ether oxygens (including phenoxy) is 2. The van der Waals surface area contributed by atoms with Crippen LogP contribution < -0.4 is 9.47 Å². The number of fused-ring (bicyclic) bond motifs is 1. The summed E-state index contributed by atoms with van der Waals surface area (Å²) < 4.78 is 10.5.